The van der Waals surface area contributed by atoms with Crippen molar-refractivity contribution in [3.05, 3.63) is 113 Å². The summed E-state index contributed by atoms with van der Waals surface area (Å²) in [5, 5.41) is 21.3. The molecule has 1 amide bonds. The highest BCUT2D eigenvalue weighted by Crippen LogP contribution is 2.37. The number of benzene rings is 3. The van der Waals surface area contributed by atoms with Crippen LogP contribution < -0.4 is 10.1 Å². The molecule has 1 atom stereocenters. The van der Waals surface area contributed by atoms with E-state index in [1.807, 2.05) is 41.1 Å². The van der Waals surface area contributed by atoms with Gasteiger partial charge in [0.25, 0.3) is 5.91 Å². The van der Waals surface area contributed by atoms with Crippen molar-refractivity contribution < 1.29 is 33.0 Å². The van der Waals surface area contributed by atoms with E-state index in [1.165, 1.54) is 18.2 Å². The SMILES string of the molecule is O=C(NC(CO)CO)c1ccccc1S(=O)(=O)Cc1c(O[C@H](Cn2ccnc2)c2ccccc2)ccc2c1CCCC2=O. The number of ketones is 1. The van der Waals surface area contributed by atoms with Crippen LogP contribution in [0.15, 0.2) is 90.3 Å². The summed E-state index contributed by atoms with van der Waals surface area (Å²) in [6.07, 6.45) is 6.14. The summed E-state index contributed by atoms with van der Waals surface area (Å²) in [4.78, 5) is 29.8. The number of nitrogens with zero attached hydrogens (tertiary/aromatic N) is 2. The lowest BCUT2D eigenvalue weighted by Crippen LogP contribution is -2.40. The highest BCUT2D eigenvalue weighted by molar-refractivity contribution is 7.90. The molecule has 0 saturated carbocycles. The Bertz CT molecular complexity index is 1690. The van der Waals surface area contributed by atoms with Crippen LogP contribution in [-0.4, -0.2) is 59.1 Å². The van der Waals surface area contributed by atoms with Crippen molar-refractivity contribution in [2.45, 2.75) is 48.6 Å². The zero-order valence-corrected chi connectivity index (χ0v) is 24.2. The smallest absolute Gasteiger partial charge is 0.252 e. The zero-order chi connectivity index (χ0) is 30.4. The van der Waals surface area contributed by atoms with Gasteiger partial charge in [0.15, 0.2) is 15.6 Å². The summed E-state index contributed by atoms with van der Waals surface area (Å²) in [6.45, 7) is -0.612. The normalized spacial score (nSPS) is 13.9. The summed E-state index contributed by atoms with van der Waals surface area (Å²) >= 11 is 0. The first-order valence-corrected chi connectivity index (χ1v) is 15.7. The van der Waals surface area contributed by atoms with Gasteiger partial charge in [0.05, 0.1) is 48.3 Å². The standard InChI is InChI=1S/C32H33N3O7S/c36-18-23(19-37)34-32(39)26-9-4-5-12-31(26)43(40,41)20-27-24-10-6-11-28(38)25(24)13-14-29(27)42-30(17-35-16-15-33-21-35)22-7-2-1-3-8-22/h1-5,7-9,12-16,21,23,30,36-37H,6,10-11,17-20H2,(H,34,39)/t30-/m1/s1. The number of sulfone groups is 1. The molecule has 224 valence electrons. The Balaban J connectivity index is 1.56. The van der Waals surface area contributed by atoms with E-state index in [0.29, 0.717) is 48.2 Å². The largest absolute Gasteiger partial charge is 0.484 e. The van der Waals surface area contributed by atoms with Crippen molar-refractivity contribution in [2.75, 3.05) is 13.2 Å². The van der Waals surface area contributed by atoms with Crippen molar-refractivity contribution in [2.24, 2.45) is 0 Å². The minimum Gasteiger partial charge on any atom is -0.484 e. The third kappa shape index (κ3) is 6.85. The van der Waals surface area contributed by atoms with Crippen molar-refractivity contribution >= 4 is 21.5 Å². The number of rotatable bonds is 12. The Morgan fingerprint density at radius 1 is 1.00 bits per heavy atom. The number of Topliss-reactive ketones (excluding diaryl/α,β-unsaturated/α-hetero) is 1. The molecule has 0 radical (unpaired) electrons. The molecule has 0 fully saturated rings. The van der Waals surface area contributed by atoms with Crippen LogP contribution in [0.2, 0.25) is 0 Å². The Morgan fingerprint density at radius 2 is 1.74 bits per heavy atom. The van der Waals surface area contributed by atoms with Gasteiger partial charge in [0.2, 0.25) is 0 Å². The Labute approximate surface area is 249 Å². The van der Waals surface area contributed by atoms with Gasteiger partial charge in [-0.15, -0.1) is 0 Å². The number of carbonyl (C=O) groups is 2. The van der Waals surface area contributed by atoms with E-state index >= 15 is 0 Å². The Morgan fingerprint density at radius 3 is 2.47 bits per heavy atom. The van der Waals surface area contributed by atoms with Crippen LogP contribution in [-0.2, 0) is 28.6 Å². The highest BCUT2D eigenvalue weighted by atomic mass is 32.2. The molecule has 43 heavy (non-hydrogen) atoms. The minimum absolute atomic E-state index is 0.0525. The molecule has 4 aromatic rings. The van der Waals surface area contributed by atoms with Gasteiger partial charge in [-0.05, 0) is 48.2 Å². The number of aromatic nitrogens is 2. The molecule has 5 rings (SSSR count). The molecule has 0 spiro atoms. The first kappa shape index (κ1) is 30.1. The van der Waals surface area contributed by atoms with Gasteiger partial charge in [0, 0.05) is 29.9 Å². The highest BCUT2D eigenvalue weighted by Gasteiger charge is 2.30. The summed E-state index contributed by atoms with van der Waals surface area (Å²) in [5.74, 6) is -0.950. The summed E-state index contributed by atoms with van der Waals surface area (Å²) < 4.78 is 36.6. The maximum atomic E-state index is 14.1. The van der Waals surface area contributed by atoms with Gasteiger partial charge in [-0.2, -0.15) is 0 Å². The second-order valence-electron chi connectivity index (χ2n) is 10.4. The van der Waals surface area contributed by atoms with Gasteiger partial charge in [-0.25, -0.2) is 13.4 Å². The summed E-state index contributed by atoms with van der Waals surface area (Å²) in [7, 11) is -4.15. The minimum atomic E-state index is -4.15. The monoisotopic (exact) mass is 603 g/mol. The molecule has 0 saturated heterocycles. The number of carbonyl (C=O) groups excluding carboxylic acids is 2. The van der Waals surface area contributed by atoms with Crippen LogP contribution in [0.1, 0.15) is 56.4 Å². The van der Waals surface area contributed by atoms with E-state index in [1.54, 1.807) is 30.7 Å². The lowest BCUT2D eigenvalue weighted by molar-refractivity contribution is 0.0875. The molecule has 1 aromatic heterocycles. The van der Waals surface area contributed by atoms with E-state index in [2.05, 4.69) is 10.3 Å². The second-order valence-corrected chi connectivity index (χ2v) is 12.4. The fraction of sp³-hybridized carbons (Fsp3) is 0.281. The van der Waals surface area contributed by atoms with Crippen LogP contribution in [0, 0.1) is 0 Å². The number of hydrogen-bond donors (Lipinski definition) is 3. The van der Waals surface area contributed by atoms with Crippen LogP contribution in [0.4, 0.5) is 0 Å². The molecule has 0 bridgehead atoms. The molecular weight excluding hydrogens is 570 g/mol. The Kier molecular flexibility index (Phi) is 9.34. The predicted octanol–water partition coefficient (Wildman–Crippen LogP) is 3.28. The number of nitrogens with one attached hydrogen (secondary N) is 1. The summed E-state index contributed by atoms with van der Waals surface area (Å²) in [5.41, 5.74) is 2.27. The average molecular weight is 604 g/mol. The Hall–Kier alpha value is -4.32. The average Bonchev–Trinajstić information content (AvgIpc) is 3.54. The van der Waals surface area contributed by atoms with Crippen molar-refractivity contribution in [3.63, 3.8) is 0 Å². The van der Waals surface area contributed by atoms with Gasteiger partial charge in [-0.3, -0.25) is 9.59 Å². The number of ether oxygens (including phenoxy) is 1. The van der Waals surface area contributed by atoms with E-state index in [4.69, 9.17) is 4.74 Å². The predicted molar refractivity (Wildman–Crippen MR) is 159 cm³/mol. The van der Waals surface area contributed by atoms with Crippen LogP contribution in [0.5, 0.6) is 5.75 Å². The molecule has 10 nitrogen and oxygen atoms in total. The van der Waals surface area contributed by atoms with Crippen molar-refractivity contribution in [1.82, 2.24) is 14.9 Å². The van der Waals surface area contributed by atoms with Gasteiger partial charge < -0.3 is 24.8 Å². The van der Waals surface area contributed by atoms with Crippen LogP contribution in [0.3, 0.4) is 0 Å². The van der Waals surface area contributed by atoms with E-state index < -0.39 is 46.9 Å². The first-order valence-electron chi connectivity index (χ1n) is 14.0. The van der Waals surface area contributed by atoms with Gasteiger partial charge >= 0.3 is 0 Å². The van der Waals surface area contributed by atoms with E-state index in [-0.39, 0.29) is 16.2 Å². The number of fused-ring (bicyclic) bond motifs is 1. The topological polar surface area (TPSA) is 148 Å². The maximum Gasteiger partial charge on any atom is 0.252 e. The summed E-state index contributed by atoms with van der Waals surface area (Å²) in [6, 6.07) is 17.8. The van der Waals surface area contributed by atoms with E-state index in [9.17, 15) is 28.2 Å². The zero-order valence-electron chi connectivity index (χ0n) is 23.4. The molecule has 1 aliphatic rings. The number of imidazole rings is 1. The third-order valence-electron chi connectivity index (χ3n) is 7.47. The molecule has 1 aliphatic carbocycles. The quantitative estimate of drug-likeness (QED) is 0.224. The number of amides is 1. The molecule has 3 N–H and O–H groups in total. The fourth-order valence-electron chi connectivity index (χ4n) is 5.27. The number of aliphatic hydroxyl groups is 2. The second kappa shape index (κ2) is 13.3. The molecule has 1 heterocycles. The van der Waals surface area contributed by atoms with Gasteiger partial charge in [0.1, 0.15) is 11.9 Å². The molecule has 11 heteroatoms. The third-order valence-corrected chi connectivity index (χ3v) is 9.17. The molecule has 0 unspecified atom stereocenters. The van der Waals surface area contributed by atoms with E-state index in [0.717, 1.165) is 5.56 Å². The number of hydrogen-bond acceptors (Lipinski definition) is 8. The molecular formula is C32H33N3O7S. The van der Waals surface area contributed by atoms with Crippen LogP contribution in [0.25, 0.3) is 0 Å². The first-order chi connectivity index (χ1) is 20.8. The van der Waals surface area contributed by atoms with Crippen molar-refractivity contribution in [3.8, 4) is 5.75 Å². The lowest BCUT2D eigenvalue weighted by atomic mass is 9.87. The molecule has 3 aromatic carbocycles. The van der Waals surface area contributed by atoms with Crippen LogP contribution >= 0.6 is 0 Å². The van der Waals surface area contributed by atoms with Crippen molar-refractivity contribution in [1.29, 1.82) is 0 Å². The fourth-order valence-corrected chi connectivity index (χ4v) is 6.90. The number of aliphatic hydroxyl groups excluding tert-OH is 2. The van der Waals surface area contributed by atoms with Gasteiger partial charge in [-0.1, -0.05) is 42.5 Å². The lowest BCUT2D eigenvalue weighted by Gasteiger charge is -2.26. The maximum absolute atomic E-state index is 14.1. The molecule has 0 aliphatic heterocycles.